The molecule has 1 atom stereocenters. The molecule has 0 radical (unpaired) electrons. The average Bonchev–Trinajstić information content (AvgIpc) is 2.85. The van der Waals surface area contributed by atoms with E-state index in [9.17, 15) is 4.79 Å². The standard InChI is InChI=1S/C26H26N4O3/c27-16-20-6-10-23(11-7-20)33-24-12-8-22(9-13-24)29-26(31)28-17-25-19-30(14-15-32-25)18-21-4-2-1-3-5-21/h1-13,25H,14-15,17-19H2,(H2,28,29,31). The molecule has 4 rings (SSSR count). The third kappa shape index (κ3) is 6.81. The van der Waals surface area contributed by atoms with Gasteiger partial charge in [-0.05, 0) is 54.1 Å². The van der Waals surface area contributed by atoms with Crippen molar-refractivity contribution >= 4 is 11.7 Å². The Bertz CT molecular complexity index is 1080. The topological polar surface area (TPSA) is 86.6 Å². The maximum absolute atomic E-state index is 12.3. The second-order valence-corrected chi connectivity index (χ2v) is 7.81. The summed E-state index contributed by atoms with van der Waals surface area (Å²) in [7, 11) is 0. The van der Waals surface area contributed by atoms with Gasteiger partial charge in [0.1, 0.15) is 11.5 Å². The summed E-state index contributed by atoms with van der Waals surface area (Å²) in [6, 6.07) is 26.1. The van der Waals surface area contributed by atoms with Crippen LogP contribution in [0.1, 0.15) is 11.1 Å². The van der Waals surface area contributed by atoms with Crippen LogP contribution in [0.25, 0.3) is 0 Å². The van der Waals surface area contributed by atoms with Crippen LogP contribution >= 0.6 is 0 Å². The molecular formula is C26H26N4O3. The molecule has 1 aliphatic rings. The number of anilines is 1. The summed E-state index contributed by atoms with van der Waals surface area (Å²) in [5.41, 5.74) is 2.51. The minimum atomic E-state index is -0.278. The molecule has 0 aromatic heterocycles. The molecular weight excluding hydrogens is 416 g/mol. The van der Waals surface area contributed by atoms with Crippen molar-refractivity contribution in [3.05, 3.63) is 90.0 Å². The fraction of sp³-hybridized carbons (Fsp3) is 0.231. The zero-order valence-corrected chi connectivity index (χ0v) is 18.2. The lowest BCUT2D eigenvalue weighted by Crippen LogP contribution is -2.47. The van der Waals surface area contributed by atoms with Gasteiger partial charge in [0.25, 0.3) is 0 Å². The average molecular weight is 443 g/mol. The van der Waals surface area contributed by atoms with Gasteiger partial charge in [0.2, 0.25) is 0 Å². The summed E-state index contributed by atoms with van der Waals surface area (Å²) in [6.45, 7) is 3.63. The van der Waals surface area contributed by atoms with Gasteiger partial charge in [0.15, 0.2) is 0 Å². The first-order valence-electron chi connectivity index (χ1n) is 10.9. The summed E-state index contributed by atoms with van der Waals surface area (Å²) in [4.78, 5) is 14.7. The molecule has 7 nitrogen and oxygen atoms in total. The van der Waals surface area contributed by atoms with E-state index in [0.717, 1.165) is 19.6 Å². The Morgan fingerprint density at radius 2 is 1.73 bits per heavy atom. The SMILES string of the molecule is N#Cc1ccc(Oc2ccc(NC(=O)NCC3CN(Cc4ccccc4)CCO3)cc2)cc1. The lowest BCUT2D eigenvalue weighted by Gasteiger charge is -2.33. The zero-order chi connectivity index (χ0) is 22.9. The number of morpholine rings is 1. The van der Waals surface area contributed by atoms with Crippen LogP contribution in [0, 0.1) is 11.3 Å². The Kier molecular flexibility index (Phi) is 7.54. The highest BCUT2D eigenvalue weighted by atomic mass is 16.5. The third-order valence-corrected chi connectivity index (χ3v) is 5.29. The molecule has 1 aliphatic heterocycles. The van der Waals surface area contributed by atoms with Gasteiger partial charge in [0.05, 0.1) is 24.3 Å². The molecule has 33 heavy (non-hydrogen) atoms. The molecule has 0 bridgehead atoms. The molecule has 0 aliphatic carbocycles. The van der Waals surface area contributed by atoms with Gasteiger partial charge in [-0.1, -0.05) is 30.3 Å². The predicted octanol–water partition coefficient (Wildman–Crippen LogP) is 4.37. The number of hydrogen-bond donors (Lipinski definition) is 2. The Hall–Kier alpha value is -3.86. The first-order valence-corrected chi connectivity index (χ1v) is 10.9. The van der Waals surface area contributed by atoms with Gasteiger partial charge in [-0.2, -0.15) is 5.26 Å². The number of urea groups is 1. The van der Waals surface area contributed by atoms with Crippen LogP contribution in [0.3, 0.4) is 0 Å². The lowest BCUT2D eigenvalue weighted by atomic mass is 10.2. The van der Waals surface area contributed by atoms with Gasteiger partial charge in [-0.25, -0.2) is 4.79 Å². The number of nitrogens with zero attached hydrogens (tertiary/aromatic N) is 2. The van der Waals surface area contributed by atoms with E-state index in [1.807, 2.05) is 18.2 Å². The van der Waals surface area contributed by atoms with Crippen LogP contribution in [-0.2, 0) is 11.3 Å². The molecule has 168 valence electrons. The van der Waals surface area contributed by atoms with Crippen LogP contribution in [-0.4, -0.2) is 43.3 Å². The van der Waals surface area contributed by atoms with Gasteiger partial charge < -0.3 is 20.1 Å². The van der Waals surface area contributed by atoms with Crippen molar-refractivity contribution in [3.63, 3.8) is 0 Å². The Morgan fingerprint density at radius 1 is 1.03 bits per heavy atom. The molecule has 3 aromatic rings. The summed E-state index contributed by atoms with van der Waals surface area (Å²) in [5, 5.41) is 14.6. The van der Waals surface area contributed by atoms with Gasteiger partial charge >= 0.3 is 6.03 Å². The number of ether oxygens (including phenoxy) is 2. The number of nitriles is 1. The minimum absolute atomic E-state index is 0.0450. The number of hydrogen-bond acceptors (Lipinski definition) is 5. The number of rotatable bonds is 7. The number of carbonyl (C=O) groups excluding carboxylic acids is 1. The molecule has 1 heterocycles. The van der Waals surface area contributed by atoms with E-state index in [1.54, 1.807) is 48.5 Å². The lowest BCUT2D eigenvalue weighted by molar-refractivity contribution is -0.0285. The van der Waals surface area contributed by atoms with E-state index >= 15 is 0 Å². The number of amides is 2. The molecule has 3 aromatic carbocycles. The molecule has 0 spiro atoms. The van der Waals surface area contributed by atoms with E-state index in [0.29, 0.717) is 35.9 Å². The van der Waals surface area contributed by atoms with Crippen molar-refractivity contribution in [2.45, 2.75) is 12.6 Å². The quantitative estimate of drug-likeness (QED) is 0.567. The van der Waals surface area contributed by atoms with E-state index in [-0.39, 0.29) is 12.1 Å². The highest BCUT2D eigenvalue weighted by molar-refractivity contribution is 5.89. The Balaban J connectivity index is 1.21. The van der Waals surface area contributed by atoms with Crippen molar-refractivity contribution in [2.75, 3.05) is 31.6 Å². The van der Waals surface area contributed by atoms with E-state index in [4.69, 9.17) is 14.7 Å². The smallest absolute Gasteiger partial charge is 0.319 e. The predicted molar refractivity (Wildman–Crippen MR) is 126 cm³/mol. The Labute approximate surface area is 193 Å². The third-order valence-electron chi connectivity index (χ3n) is 5.29. The van der Waals surface area contributed by atoms with Crippen molar-refractivity contribution in [1.82, 2.24) is 10.2 Å². The largest absolute Gasteiger partial charge is 0.457 e. The van der Waals surface area contributed by atoms with E-state index in [1.165, 1.54) is 5.56 Å². The maximum Gasteiger partial charge on any atom is 0.319 e. The van der Waals surface area contributed by atoms with Crippen molar-refractivity contribution in [1.29, 1.82) is 5.26 Å². The second-order valence-electron chi connectivity index (χ2n) is 7.81. The number of benzene rings is 3. The number of nitrogens with one attached hydrogen (secondary N) is 2. The van der Waals surface area contributed by atoms with Crippen LogP contribution in [0.15, 0.2) is 78.9 Å². The first kappa shape index (κ1) is 22.3. The van der Waals surface area contributed by atoms with Gasteiger partial charge in [-0.3, -0.25) is 4.90 Å². The molecule has 0 saturated carbocycles. The monoisotopic (exact) mass is 442 g/mol. The van der Waals surface area contributed by atoms with Crippen molar-refractivity contribution in [3.8, 4) is 17.6 Å². The van der Waals surface area contributed by atoms with Crippen molar-refractivity contribution in [2.24, 2.45) is 0 Å². The molecule has 2 N–H and O–H groups in total. The highest BCUT2D eigenvalue weighted by Gasteiger charge is 2.21. The first-order chi connectivity index (χ1) is 16.2. The maximum atomic E-state index is 12.3. The molecule has 1 fully saturated rings. The van der Waals surface area contributed by atoms with Crippen LogP contribution in [0.4, 0.5) is 10.5 Å². The second kappa shape index (κ2) is 11.1. The summed E-state index contributed by atoms with van der Waals surface area (Å²) < 4.78 is 11.6. The van der Waals surface area contributed by atoms with Crippen molar-refractivity contribution < 1.29 is 14.3 Å². The normalized spacial score (nSPS) is 15.9. The van der Waals surface area contributed by atoms with E-state index < -0.39 is 0 Å². The summed E-state index contributed by atoms with van der Waals surface area (Å²) in [6.07, 6.45) is -0.0450. The van der Waals surface area contributed by atoms with Gasteiger partial charge in [0, 0.05) is 31.9 Å². The van der Waals surface area contributed by atoms with Crippen LogP contribution < -0.4 is 15.4 Å². The minimum Gasteiger partial charge on any atom is -0.457 e. The highest BCUT2D eigenvalue weighted by Crippen LogP contribution is 2.23. The molecule has 1 unspecified atom stereocenters. The zero-order valence-electron chi connectivity index (χ0n) is 18.2. The molecule has 2 amide bonds. The van der Waals surface area contributed by atoms with Crippen LogP contribution in [0.5, 0.6) is 11.5 Å². The molecule has 1 saturated heterocycles. The summed E-state index contributed by atoms with van der Waals surface area (Å²) >= 11 is 0. The van der Waals surface area contributed by atoms with E-state index in [2.05, 4.69) is 33.7 Å². The fourth-order valence-corrected chi connectivity index (χ4v) is 3.61. The van der Waals surface area contributed by atoms with Crippen LogP contribution in [0.2, 0.25) is 0 Å². The van der Waals surface area contributed by atoms with Gasteiger partial charge in [-0.15, -0.1) is 0 Å². The fourth-order valence-electron chi connectivity index (χ4n) is 3.61. The molecule has 7 heteroatoms. The number of carbonyl (C=O) groups is 1. The summed E-state index contributed by atoms with van der Waals surface area (Å²) in [5.74, 6) is 1.28. The Morgan fingerprint density at radius 3 is 2.42 bits per heavy atom.